The third kappa shape index (κ3) is 3.64. The summed E-state index contributed by atoms with van der Waals surface area (Å²) in [6, 6.07) is 12.8. The summed E-state index contributed by atoms with van der Waals surface area (Å²) in [6.45, 7) is 4.21. The van der Waals surface area contributed by atoms with Crippen molar-refractivity contribution in [3.8, 4) is 0 Å². The maximum Gasteiger partial charge on any atom is 0.319 e. The molecule has 1 aliphatic heterocycles. The minimum Gasteiger partial charge on any atom is -0.464 e. The zero-order chi connectivity index (χ0) is 17.8. The Morgan fingerprint density at radius 2 is 2.00 bits per heavy atom. The lowest BCUT2D eigenvalue weighted by Crippen LogP contribution is -2.51. The topological polar surface area (TPSA) is 67.4 Å². The fraction of sp³-hybridized carbons (Fsp3) is 0.263. The number of carbonyl (C=O) groups is 2. The van der Waals surface area contributed by atoms with E-state index in [-0.39, 0.29) is 12.0 Å². The Balaban J connectivity index is 1.98. The molecule has 0 unspecified atom stereocenters. The molecule has 0 saturated carbocycles. The summed E-state index contributed by atoms with van der Waals surface area (Å²) < 4.78 is 5.38. The first-order chi connectivity index (χ1) is 12.1. The van der Waals surface area contributed by atoms with Gasteiger partial charge in [-0.3, -0.25) is 4.79 Å². The van der Waals surface area contributed by atoms with Crippen molar-refractivity contribution in [2.45, 2.75) is 6.04 Å². The number of fused-ring (bicyclic) bond motifs is 1. The van der Waals surface area contributed by atoms with Crippen LogP contribution in [0.15, 0.2) is 54.7 Å². The molecule has 1 saturated heterocycles. The van der Waals surface area contributed by atoms with Gasteiger partial charge in [0.1, 0.15) is 12.5 Å². The van der Waals surface area contributed by atoms with Gasteiger partial charge in [-0.2, -0.15) is 11.8 Å². The van der Waals surface area contributed by atoms with E-state index in [0.29, 0.717) is 12.3 Å². The molecule has 2 atom stereocenters. The molecule has 3 rings (SSSR count). The highest BCUT2D eigenvalue weighted by Crippen LogP contribution is 2.34. The van der Waals surface area contributed by atoms with Gasteiger partial charge in [-0.25, -0.2) is 4.79 Å². The quantitative estimate of drug-likeness (QED) is 0.638. The molecule has 2 N–H and O–H groups in total. The molecule has 1 heterocycles. The Hall–Kier alpha value is -2.47. The van der Waals surface area contributed by atoms with Crippen molar-refractivity contribution in [3.05, 3.63) is 60.3 Å². The van der Waals surface area contributed by atoms with Gasteiger partial charge >= 0.3 is 12.0 Å². The average molecular weight is 356 g/mol. The van der Waals surface area contributed by atoms with Gasteiger partial charge in [0.05, 0.1) is 6.04 Å². The molecule has 0 aliphatic carbocycles. The smallest absolute Gasteiger partial charge is 0.319 e. The van der Waals surface area contributed by atoms with Crippen LogP contribution in [-0.4, -0.2) is 30.6 Å². The summed E-state index contributed by atoms with van der Waals surface area (Å²) in [4.78, 5) is 24.6. The van der Waals surface area contributed by atoms with E-state index in [1.54, 1.807) is 11.8 Å². The number of rotatable bonds is 5. The first-order valence-corrected chi connectivity index (χ1v) is 9.40. The van der Waals surface area contributed by atoms with Crippen LogP contribution in [0.25, 0.3) is 10.8 Å². The van der Waals surface area contributed by atoms with Gasteiger partial charge in [0, 0.05) is 11.4 Å². The summed E-state index contributed by atoms with van der Waals surface area (Å²) in [7, 11) is 0. The number of benzene rings is 2. The van der Waals surface area contributed by atoms with Crippen LogP contribution in [0, 0.1) is 5.92 Å². The lowest BCUT2D eigenvalue weighted by molar-refractivity contribution is -0.147. The molecule has 25 heavy (non-hydrogen) atoms. The fourth-order valence-electron chi connectivity index (χ4n) is 3.06. The van der Waals surface area contributed by atoms with Gasteiger partial charge in [0.15, 0.2) is 0 Å². The molecule has 2 aromatic carbocycles. The van der Waals surface area contributed by atoms with Crippen LogP contribution in [0.1, 0.15) is 11.6 Å². The van der Waals surface area contributed by atoms with Gasteiger partial charge in [-0.1, -0.05) is 49.0 Å². The molecule has 0 aromatic heterocycles. The SMILES string of the molecule is C=C1NC(=O)N[C@H](c2cccc3ccccc23)[C@H]1C(=O)OCCSC. The number of esters is 1. The monoisotopic (exact) mass is 356 g/mol. The number of hydrogen-bond acceptors (Lipinski definition) is 4. The highest BCUT2D eigenvalue weighted by atomic mass is 32.2. The van der Waals surface area contributed by atoms with Crippen molar-refractivity contribution in [2.24, 2.45) is 5.92 Å². The molecule has 0 radical (unpaired) electrons. The minimum absolute atomic E-state index is 0.333. The van der Waals surface area contributed by atoms with Crippen molar-refractivity contribution in [1.82, 2.24) is 10.6 Å². The van der Waals surface area contributed by atoms with E-state index in [1.165, 1.54) is 0 Å². The number of amides is 2. The Morgan fingerprint density at radius 1 is 1.24 bits per heavy atom. The van der Waals surface area contributed by atoms with Crippen LogP contribution in [-0.2, 0) is 9.53 Å². The number of thioether (sulfide) groups is 1. The largest absolute Gasteiger partial charge is 0.464 e. The molecular formula is C19H20N2O3S. The highest BCUT2D eigenvalue weighted by molar-refractivity contribution is 7.98. The summed E-state index contributed by atoms with van der Waals surface area (Å²) in [5.74, 6) is -0.334. The maximum absolute atomic E-state index is 12.6. The number of urea groups is 1. The van der Waals surface area contributed by atoms with E-state index in [4.69, 9.17) is 4.74 Å². The highest BCUT2D eigenvalue weighted by Gasteiger charge is 2.39. The van der Waals surface area contributed by atoms with Crippen molar-refractivity contribution >= 4 is 34.5 Å². The molecule has 0 bridgehead atoms. The molecule has 2 amide bonds. The van der Waals surface area contributed by atoms with E-state index in [0.717, 1.165) is 22.1 Å². The zero-order valence-electron chi connectivity index (χ0n) is 14.0. The van der Waals surface area contributed by atoms with Gasteiger partial charge in [-0.15, -0.1) is 0 Å². The third-order valence-corrected chi connectivity index (χ3v) is 4.79. The molecule has 130 valence electrons. The van der Waals surface area contributed by atoms with Gasteiger partial charge in [-0.05, 0) is 22.6 Å². The molecular weight excluding hydrogens is 336 g/mol. The first-order valence-electron chi connectivity index (χ1n) is 8.01. The van der Waals surface area contributed by atoms with Gasteiger partial charge < -0.3 is 15.4 Å². The second kappa shape index (κ2) is 7.61. The first kappa shape index (κ1) is 17.4. The summed E-state index contributed by atoms with van der Waals surface area (Å²) in [5, 5.41) is 7.50. The predicted octanol–water partition coefficient (Wildman–Crippen LogP) is 3.23. The van der Waals surface area contributed by atoms with Crippen LogP contribution in [0.3, 0.4) is 0 Å². The summed E-state index contributed by atoms with van der Waals surface area (Å²) in [5.41, 5.74) is 1.23. The van der Waals surface area contributed by atoms with Crippen molar-refractivity contribution in [1.29, 1.82) is 0 Å². The summed E-state index contributed by atoms with van der Waals surface area (Å²) >= 11 is 1.61. The van der Waals surface area contributed by atoms with Gasteiger partial charge in [0.2, 0.25) is 0 Å². The second-order valence-electron chi connectivity index (χ2n) is 5.81. The normalized spacial score (nSPS) is 20.0. The van der Waals surface area contributed by atoms with Crippen LogP contribution >= 0.6 is 11.8 Å². The standard InChI is InChI=1S/C19H20N2O3S/c1-12-16(18(22)24-10-11-25-2)17(21-19(23)20-12)15-9-5-7-13-6-3-4-8-14(13)15/h3-9,16-17H,1,10-11H2,2H3,(H2,20,21,23)/t16-,17+/m0/s1. The molecule has 5 nitrogen and oxygen atoms in total. The average Bonchev–Trinajstić information content (AvgIpc) is 2.60. The van der Waals surface area contributed by atoms with E-state index in [9.17, 15) is 9.59 Å². The number of nitrogens with one attached hydrogen (secondary N) is 2. The van der Waals surface area contributed by atoms with E-state index < -0.39 is 12.0 Å². The number of ether oxygens (including phenoxy) is 1. The minimum atomic E-state index is -0.676. The zero-order valence-corrected chi connectivity index (χ0v) is 14.8. The molecule has 1 fully saturated rings. The third-order valence-electron chi connectivity index (χ3n) is 4.21. The Morgan fingerprint density at radius 3 is 2.80 bits per heavy atom. The molecule has 0 spiro atoms. The van der Waals surface area contributed by atoms with Crippen LogP contribution in [0.2, 0.25) is 0 Å². The molecule has 1 aliphatic rings. The van der Waals surface area contributed by atoms with Crippen LogP contribution in [0.5, 0.6) is 0 Å². The van der Waals surface area contributed by atoms with Crippen LogP contribution in [0.4, 0.5) is 4.79 Å². The van der Waals surface area contributed by atoms with E-state index >= 15 is 0 Å². The predicted molar refractivity (Wildman–Crippen MR) is 100 cm³/mol. The molecule has 6 heteroatoms. The molecule has 2 aromatic rings. The number of hydrogen-bond donors (Lipinski definition) is 2. The fourth-order valence-corrected chi connectivity index (χ4v) is 3.31. The number of carbonyl (C=O) groups excluding carboxylic acids is 2. The van der Waals surface area contributed by atoms with Crippen molar-refractivity contribution in [2.75, 3.05) is 18.6 Å². The lowest BCUT2D eigenvalue weighted by Gasteiger charge is -2.33. The Labute approximate surface area is 150 Å². The summed E-state index contributed by atoms with van der Waals surface area (Å²) in [6.07, 6.45) is 1.95. The van der Waals surface area contributed by atoms with E-state index in [2.05, 4.69) is 17.2 Å². The van der Waals surface area contributed by atoms with E-state index in [1.807, 2.05) is 48.7 Å². The Bertz CT molecular complexity index is 816. The van der Waals surface area contributed by atoms with Crippen molar-refractivity contribution < 1.29 is 14.3 Å². The Kier molecular flexibility index (Phi) is 5.28. The maximum atomic E-state index is 12.6. The van der Waals surface area contributed by atoms with Crippen molar-refractivity contribution in [3.63, 3.8) is 0 Å². The van der Waals surface area contributed by atoms with Gasteiger partial charge in [0.25, 0.3) is 0 Å². The second-order valence-corrected chi connectivity index (χ2v) is 6.79. The van der Waals surface area contributed by atoms with Crippen LogP contribution < -0.4 is 10.6 Å². The lowest BCUT2D eigenvalue weighted by atomic mass is 9.86.